The molecule has 1 aliphatic heterocycles. The van der Waals surface area contributed by atoms with Gasteiger partial charge in [0.25, 0.3) is 0 Å². The predicted octanol–water partition coefficient (Wildman–Crippen LogP) is 4.82. The zero-order valence-electron chi connectivity index (χ0n) is 13.8. The van der Waals surface area contributed by atoms with Crippen LogP contribution in [0.2, 0.25) is 0 Å². The van der Waals surface area contributed by atoms with E-state index in [1.165, 1.54) is 89.9 Å². The van der Waals surface area contributed by atoms with Crippen LogP contribution in [0, 0.1) is 5.92 Å². The van der Waals surface area contributed by atoms with Crippen molar-refractivity contribution in [3.63, 3.8) is 0 Å². The molecule has 0 aromatic rings. The minimum absolute atomic E-state index is 0.548. The van der Waals surface area contributed by atoms with Crippen molar-refractivity contribution < 1.29 is 4.74 Å². The van der Waals surface area contributed by atoms with E-state index >= 15 is 0 Å². The van der Waals surface area contributed by atoms with Gasteiger partial charge < -0.3 is 10.1 Å². The van der Waals surface area contributed by atoms with Crippen LogP contribution in [0.4, 0.5) is 0 Å². The molecule has 1 saturated heterocycles. The summed E-state index contributed by atoms with van der Waals surface area (Å²) in [6.07, 6.45) is 20.5. The molecule has 0 amide bonds. The lowest BCUT2D eigenvalue weighted by Crippen LogP contribution is -2.43. The van der Waals surface area contributed by atoms with E-state index in [-0.39, 0.29) is 0 Å². The van der Waals surface area contributed by atoms with E-state index in [1.54, 1.807) is 0 Å². The molecule has 3 aliphatic rings. The van der Waals surface area contributed by atoms with Crippen LogP contribution < -0.4 is 5.32 Å². The molecule has 1 heterocycles. The standard InChI is InChI=1S/C19H35NO/c1-2-4-6-8-10-17(11-9-7-5-3-1)20-18-14-15-21-19(18)16-12-13-16/h16-20H,1-15H2. The van der Waals surface area contributed by atoms with Crippen molar-refractivity contribution in [2.24, 2.45) is 5.92 Å². The summed E-state index contributed by atoms with van der Waals surface area (Å²) in [5, 5.41) is 4.02. The molecule has 0 radical (unpaired) electrons. The first-order chi connectivity index (χ1) is 10.4. The van der Waals surface area contributed by atoms with Crippen LogP contribution in [0.5, 0.6) is 0 Å². The van der Waals surface area contributed by atoms with Crippen LogP contribution in [-0.2, 0) is 4.74 Å². The monoisotopic (exact) mass is 293 g/mol. The molecule has 2 heteroatoms. The Bertz CT molecular complexity index is 277. The van der Waals surface area contributed by atoms with Gasteiger partial charge in [0.15, 0.2) is 0 Å². The molecule has 122 valence electrons. The van der Waals surface area contributed by atoms with Crippen molar-refractivity contribution in [1.29, 1.82) is 0 Å². The second kappa shape index (κ2) is 8.53. The van der Waals surface area contributed by atoms with E-state index in [0.717, 1.165) is 18.6 Å². The number of nitrogens with one attached hydrogen (secondary N) is 1. The molecular weight excluding hydrogens is 258 g/mol. The minimum atomic E-state index is 0.548. The Kier molecular flexibility index (Phi) is 6.42. The fraction of sp³-hybridized carbons (Fsp3) is 1.00. The van der Waals surface area contributed by atoms with Gasteiger partial charge in [-0.3, -0.25) is 0 Å². The molecule has 21 heavy (non-hydrogen) atoms. The van der Waals surface area contributed by atoms with Gasteiger partial charge in [0.05, 0.1) is 6.10 Å². The first-order valence-corrected chi connectivity index (χ1v) is 9.81. The second-order valence-corrected chi connectivity index (χ2v) is 7.69. The van der Waals surface area contributed by atoms with Gasteiger partial charge in [0, 0.05) is 18.7 Å². The van der Waals surface area contributed by atoms with Crippen molar-refractivity contribution in [2.75, 3.05) is 6.61 Å². The molecule has 0 spiro atoms. The molecule has 0 aromatic carbocycles. The first-order valence-electron chi connectivity index (χ1n) is 9.81. The van der Waals surface area contributed by atoms with Gasteiger partial charge in [0.2, 0.25) is 0 Å². The van der Waals surface area contributed by atoms with E-state index in [2.05, 4.69) is 5.32 Å². The SMILES string of the molecule is C1CCCCCC(NC2CCOC2C2CC2)CCCCC1. The smallest absolute Gasteiger partial charge is 0.0757 e. The molecule has 3 fully saturated rings. The molecule has 1 N–H and O–H groups in total. The lowest BCUT2D eigenvalue weighted by Gasteiger charge is -2.27. The maximum Gasteiger partial charge on any atom is 0.0757 e. The topological polar surface area (TPSA) is 21.3 Å². The van der Waals surface area contributed by atoms with E-state index in [0.29, 0.717) is 12.1 Å². The third kappa shape index (κ3) is 5.25. The fourth-order valence-corrected chi connectivity index (χ4v) is 4.31. The van der Waals surface area contributed by atoms with Gasteiger partial charge in [-0.25, -0.2) is 0 Å². The quantitative estimate of drug-likeness (QED) is 0.805. The van der Waals surface area contributed by atoms with E-state index in [9.17, 15) is 0 Å². The van der Waals surface area contributed by atoms with Crippen molar-refractivity contribution >= 4 is 0 Å². The van der Waals surface area contributed by atoms with Gasteiger partial charge in [-0.2, -0.15) is 0 Å². The summed E-state index contributed by atoms with van der Waals surface area (Å²) in [7, 11) is 0. The Morgan fingerprint density at radius 1 is 0.619 bits per heavy atom. The van der Waals surface area contributed by atoms with E-state index in [4.69, 9.17) is 4.74 Å². The highest BCUT2D eigenvalue weighted by molar-refractivity contribution is 4.94. The second-order valence-electron chi connectivity index (χ2n) is 7.69. The first kappa shape index (κ1) is 15.8. The molecule has 2 nitrogen and oxygen atoms in total. The highest BCUT2D eigenvalue weighted by Crippen LogP contribution is 2.39. The third-order valence-corrected chi connectivity index (χ3v) is 5.78. The minimum Gasteiger partial charge on any atom is -0.376 e. The van der Waals surface area contributed by atoms with Crippen LogP contribution in [0.1, 0.15) is 89.9 Å². The highest BCUT2D eigenvalue weighted by Gasteiger charge is 2.40. The van der Waals surface area contributed by atoms with E-state index in [1.807, 2.05) is 0 Å². The fourth-order valence-electron chi connectivity index (χ4n) is 4.31. The summed E-state index contributed by atoms with van der Waals surface area (Å²) in [4.78, 5) is 0. The molecule has 2 unspecified atom stereocenters. The number of rotatable bonds is 3. The van der Waals surface area contributed by atoms with Gasteiger partial charge in [-0.1, -0.05) is 57.8 Å². The average molecular weight is 293 g/mol. The summed E-state index contributed by atoms with van der Waals surface area (Å²) in [6.45, 7) is 0.992. The average Bonchev–Trinajstić information content (AvgIpc) is 3.22. The van der Waals surface area contributed by atoms with Gasteiger partial charge >= 0.3 is 0 Å². The Labute approximate surface area is 131 Å². The summed E-state index contributed by atoms with van der Waals surface area (Å²) in [5.74, 6) is 0.885. The summed E-state index contributed by atoms with van der Waals surface area (Å²) >= 11 is 0. The highest BCUT2D eigenvalue weighted by atomic mass is 16.5. The predicted molar refractivity (Wildman–Crippen MR) is 88.6 cm³/mol. The molecule has 3 rings (SSSR count). The van der Waals surface area contributed by atoms with Gasteiger partial charge in [-0.15, -0.1) is 0 Å². The Hall–Kier alpha value is -0.0800. The number of ether oxygens (including phenoxy) is 1. The number of hydrogen-bond acceptors (Lipinski definition) is 2. The molecule has 2 atom stereocenters. The molecule has 0 bridgehead atoms. The zero-order chi connectivity index (χ0) is 14.3. The van der Waals surface area contributed by atoms with Gasteiger partial charge in [-0.05, 0) is 38.0 Å². The number of hydrogen-bond donors (Lipinski definition) is 1. The van der Waals surface area contributed by atoms with Crippen LogP contribution in [0.25, 0.3) is 0 Å². The molecule has 0 aromatic heterocycles. The van der Waals surface area contributed by atoms with Crippen molar-refractivity contribution in [3.05, 3.63) is 0 Å². The molecular formula is C19H35NO. The van der Waals surface area contributed by atoms with Crippen molar-refractivity contribution in [1.82, 2.24) is 5.32 Å². The molecule has 2 aliphatic carbocycles. The summed E-state index contributed by atoms with van der Waals surface area (Å²) in [6, 6.07) is 1.42. The van der Waals surface area contributed by atoms with Crippen LogP contribution in [0.3, 0.4) is 0 Å². The van der Waals surface area contributed by atoms with Crippen molar-refractivity contribution in [3.8, 4) is 0 Å². The van der Waals surface area contributed by atoms with E-state index < -0.39 is 0 Å². The Morgan fingerprint density at radius 2 is 1.19 bits per heavy atom. The lowest BCUT2D eigenvalue weighted by molar-refractivity contribution is 0.0781. The molecule has 2 saturated carbocycles. The largest absolute Gasteiger partial charge is 0.376 e. The summed E-state index contributed by atoms with van der Waals surface area (Å²) < 4.78 is 6.01. The summed E-state index contributed by atoms with van der Waals surface area (Å²) in [5.41, 5.74) is 0. The Balaban J connectivity index is 1.45. The van der Waals surface area contributed by atoms with Gasteiger partial charge in [0.1, 0.15) is 0 Å². The van der Waals surface area contributed by atoms with Crippen LogP contribution in [-0.4, -0.2) is 24.8 Å². The normalized spacial score (nSPS) is 34.3. The van der Waals surface area contributed by atoms with Crippen molar-refractivity contribution in [2.45, 2.75) is 108 Å². The third-order valence-electron chi connectivity index (χ3n) is 5.78. The van der Waals surface area contributed by atoms with Crippen LogP contribution in [0.15, 0.2) is 0 Å². The lowest BCUT2D eigenvalue weighted by atomic mass is 9.96. The zero-order valence-corrected chi connectivity index (χ0v) is 13.8. The van der Waals surface area contributed by atoms with Crippen LogP contribution >= 0.6 is 0 Å². The maximum absolute atomic E-state index is 6.01. The Morgan fingerprint density at radius 3 is 1.76 bits per heavy atom. The maximum atomic E-state index is 6.01.